The van der Waals surface area contributed by atoms with Gasteiger partial charge in [0.1, 0.15) is 0 Å². The van der Waals surface area contributed by atoms with Gasteiger partial charge in [-0.3, -0.25) is 9.48 Å². The summed E-state index contributed by atoms with van der Waals surface area (Å²) in [6.45, 7) is 6.41. The zero-order valence-electron chi connectivity index (χ0n) is 10.3. The number of carbonyl (C=O) groups excluding carboxylic acids is 1. The Morgan fingerprint density at radius 3 is 2.69 bits per heavy atom. The second kappa shape index (κ2) is 5.12. The highest BCUT2D eigenvalue weighted by Crippen LogP contribution is 2.07. The van der Waals surface area contributed by atoms with Crippen LogP contribution < -0.4 is 11.1 Å². The van der Waals surface area contributed by atoms with E-state index in [9.17, 15) is 4.79 Å². The second-order valence-electron chi connectivity index (χ2n) is 4.24. The summed E-state index contributed by atoms with van der Waals surface area (Å²) in [4.78, 5) is 11.9. The molecular weight excluding hydrogens is 204 g/mol. The molecule has 0 radical (unpaired) electrons. The molecule has 90 valence electrons. The lowest BCUT2D eigenvalue weighted by molar-refractivity contribution is 0.0929. The Balaban J connectivity index is 2.69. The van der Waals surface area contributed by atoms with Crippen LogP contribution >= 0.6 is 0 Å². The molecule has 1 aromatic rings. The van der Waals surface area contributed by atoms with E-state index in [1.54, 1.807) is 10.9 Å². The molecule has 0 saturated carbocycles. The minimum absolute atomic E-state index is 0.0668. The van der Waals surface area contributed by atoms with E-state index in [2.05, 4.69) is 10.4 Å². The molecule has 5 heteroatoms. The molecule has 1 rings (SSSR count). The number of hydrogen-bond acceptors (Lipinski definition) is 3. The van der Waals surface area contributed by atoms with Gasteiger partial charge in [-0.1, -0.05) is 6.92 Å². The van der Waals surface area contributed by atoms with Crippen LogP contribution in [0.1, 0.15) is 29.9 Å². The first-order chi connectivity index (χ1) is 7.47. The van der Waals surface area contributed by atoms with Crippen molar-refractivity contribution < 1.29 is 4.79 Å². The molecule has 0 aliphatic heterocycles. The van der Waals surface area contributed by atoms with Crippen LogP contribution in [0.15, 0.2) is 6.20 Å². The lowest BCUT2D eigenvalue weighted by atomic mass is 10.0. The normalized spacial score (nSPS) is 14.6. The molecule has 0 spiro atoms. The molecule has 0 aliphatic carbocycles. The van der Waals surface area contributed by atoms with E-state index in [-0.39, 0.29) is 17.9 Å². The molecule has 1 amide bonds. The minimum atomic E-state index is -0.0848. The lowest BCUT2D eigenvalue weighted by Gasteiger charge is -2.19. The molecule has 16 heavy (non-hydrogen) atoms. The summed E-state index contributed by atoms with van der Waals surface area (Å²) < 4.78 is 1.69. The average molecular weight is 224 g/mol. The van der Waals surface area contributed by atoms with Crippen molar-refractivity contribution in [3.05, 3.63) is 17.5 Å². The Bertz CT molecular complexity index is 372. The molecule has 0 aliphatic rings. The third-order valence-electron chi connectivity index (χ3n) is 3.06. The van der Waals surface area contributed by atoms with Crippen LogP contribution in [-0.2, 0) is 7.05 Å². The van der Waals surface area contributed by atoms with E-state index < -0.39 is 0 Å². The van der Waals surface area contributed by atoms with E-state index in [1.165, 1.54) is 0 Å². The summed E-state index contributed by atoms with van der Waals surface area (Å²) in [6, 6.07) is 0.0668. The van der Waals surface area contributed by atoms with Crippen molar-refractivity contribution in [2.75, 3.05) is 6.54 Å². The smallest absolute Gasteiger partial charge is 0.254 e. The highest BCUT2D eigenvalue weighted by atomic mass is 16.1. The summed E-state index contributed by atoms with van der Waals surface area (Å²) in [7, 11) is 1.82. The molecule has 0 saturated heterocycles. The molecule has 1 heterocycles. The van der Waals surface area contributed by atoms with Gasteiger partial charge in [-0.25, -0.2) is 0 Å². The van der Waals surface area contributed by atoms with Crippen molar-refractivity contribution in [3.63, 3.8) is 0 Å². The Kier molecular flexibility index (Phi) is 4.06. The fourth-order valence-corrected chi connectivity index (χ4v) is 1.35. The van der Waals surface area contributed by atoms with Crippen LogP contribution in [0, 0.1) is 12.8 Å². The predicted molar refractivity (Wildman–Crippen MR) is 63.1 cm³/mol. The summed E-state index contributed by atoms with van der Waals surface area (Å²) in [6.07, 6.45) is 1.59. The quantitative estimate of drug-likeness (QED) is 0.779. The van der Waals surface area contributed by atoms with Crippen LogP contribution in [-0.4, -0.2) is 28.3 Å². The van der Waals surface area contributed by atoms with Crippen LogP contribution in [0.3, 0.4) is 0 Å². The molecule has 2 atom stereocenters. The molecule has 3 N–H and O–H groups in total. The number of amides is 1. The minimum Gasteiger partial charge on any atom is -0.349 e. The Morgan fingerprint density at radius 1 is 1.62 bits per heavy atom. The molecule has 0 fully saturated rings. The summed E-state index contributed by atoms with van der Waals surface area (Å²) >= 11 is 0. The van der Waals surface area contributed by atoms with E-state index in [0.717, 1.165) is 5.69 Å². The SMILES string of the molecule is Cc1c(C(=O)NC(C)C(C)CN)cnn1C. The maximum absolute atomic E-state index is 11.9. The number of nitrogens with zero attached hydrogens (tertiary/aromatic N) is 2. The van der Waals surface area contributed by atoms with Crippen molar-refractivity contribution in [1.82, 2.24) is 15.1 Å². The standard InChI is InChI=1S/C11H20N4O/c1-7(5-12)8(2)14-11(16)10-6-13-15(4)9(10)3/h6-8H,5,12H2,1-4H3,(H,14,16). The number of nitrogens with two attached hydrogens (primary N) is 1. The maximum atomic E-state index is 11.9. The third kappa shape index (κ3) is 2.61. The van der Waals surface area contributed by atoms with Crippen LogP contribution in [0.25, 0.3) is 0 Å². The van der Waals surface area contributed by atoms with E-state index >= 15 is 0 Å². The van der Waals surface area contributed by atoms with Gasteiger partial charge >= 0.3 is 0 Å². The van der Waals surface area contributed by atoms with Gasteiger partial charge in [-0.2, -0.15) is 5.10 Å². The highest BCUT2D eigenvalue weighted by molar-refractivity contribution is 5.95. The second-order valence-corrected chi connectivity index (χ2v) is 4.24. The Morgan fingerprint density at radius 2 is 2.25 bits per heavy atom. The topological polar surface area (TPSA) is 72.9 Å². The predicted octanol–water partition coefficient (Wildman–Crippen LogP) is 0.442. The van der Waals surface area contributed by atoms with Crippen LogP contribution in [0.2, 0.25) is 0 Å². The molecule has 0 aromatic carbocycles. The maximum Gasteiger partial charge on any atom is 0.254 e. The van der Waals surface area contributed by atoms with Gasteiger partial charge in [-0.15, -0.1) is 0 Å². The average Bonchev–Trinajstić information content (AvgIpc) is 2.58. The van der Waals surface area contributed by atoms with Crippen molar-refractivity contribution in [1.29, 1.82) is 0 Å². The van der Waals surface area contributed by atoms with Gasteiger partial charge in [0, 0.05) is 18.8 Å². The summed E-state index contributed by atoms with van der Waals surface area (Å²) in [5.41, 5.74) is 7.04. The first kappa shape index (κ1) is 12.7. The van der Waals surface area contributed by atoms with Crippen molar-refractivity contribution in [3.8, 4) is 0 Å². The number of aryl methyl sites for hydroxylation is 1. The van der Waals surface area contributed by atoms with Gasteiger partial charge < -0.3 is 11.1 Å². The third-order valence-corrected chi connectivity index (χ3v) is 3.06. The van der Waals surface area contributed by atoms with Crippen molar-refractivity contribution in [2.24, 2.45) is 18.7 Å². The number of hydrogen-bond donors (Lipinski definition) is 2. The Labute approximate surface area is 96.0 Å². The van der Waals surface area contributed by atoms with Crippen molar-refractivity contribution in [2.45, 2.75) is 26.8 Å². The molecular formula is C11H20N4O. The number of rotatable bonds is 4. The van der Waals surface area contributed by atoms with Crippen LogP contribution in [0.4, 0.5) is 0 Å². The zero-order valence-corrected chi connectivity index (χ0v) is 10.3. The lowest BCUT2D eigenvalue weighted by Crippen LogP contribution is -2.39. The molecule has 1 aromatic heterocycles. The summed E-state index contributed by atoms with van der Waals surface area (Å²) in [5.74, 6) is 0.180. The van der Waals surface area contributed by atoms with Gasteiger partial charge in [0.15, 0.2) is 0 Å². The van der Waals surface area contributed by atoms with Gasteiger partial charge in [0.2, 0.25) is 0 Å². The van der Waals surface area contributed by atoms with E-state index in [1.807, 2.05) is 27.8 Å². The highest BCUT2D eigenvalue weighted by Gasteiger charge is 2.17. The van der Waals surface area contributed by atoms with Gasteiger partial charge in [-0.05, 0) is 26.3 Å². The fourth-order valence-electron chi connectivity index (χ4n) is 1.35. The fraction of sp³-hybridized carbons (Fsp3) is 0.636. The van der Waals surface area contributed by atoms with E-state index in [0.29, 0.717) is 12.1 Å². The summed E-state index contributed by atoms with van der Waals surface area (Å²) in [5, 5.41) is 6.97. The largest absolute Gasteiger partial charge is 0.349 e. The van der Waals surface area contributed by atoms with E-state index in [4.69, 9.17) is 5.73 Å². The first-order valence-corrected chi connectivity index (χ1v) is 5.47. The molecule has 0 bridgehead atoms. The molecule has 5 nitrogen and oxygen atoms in total. The zero-order chi connectivity index (χ0) is 12.3. The van der Waals surface area contributed by atoms with Gasteiger partial charge in [0.05, 0.1) is 11.8 Å². The van der Waals surface area contributed by atoms with Crippen LogP contribution in [0.5, 0.6) is 0 Å². The Hall–Kier alpha value is -1.36. The first-order valence-electron chi connectivity index (χ1n) is 5.47. The molecule has 2 unspecified atom stereocenters. The van der Waals surface area contributed by atoms with Gasteiger partial charge in [0.25, 0.3) is 5.91 Å². The van der Waals surface area contributed by atoms with Crippen molar-refractivity contribution >= 4 is 5.91 Å². The number of aromatic nitrogens is 2. The number of nitrogens with one attached hydrogen (secondary N) is 1. The monoisotopic (exact) mass is 224 g/mol. The number of carbonyl (C=O) groups is 1.